The third-order valence-corrected chi connectivity index (χ3v) is 3.66. The maximum Gasteiger partial charge on any atom is 0.337 e. The van der Waals surface area contributed by atoms with Crippen LogP contribution in [0.4, 0.5) is 5.69 Å². The maximum atomic E-state index is 11.4. The van der Waals surface area contributed by atoms with Crippen LogP contribution in [-0.4, -0.2) is 36.9 Å². The van der Waals surface area contributed by atoms with Gasteiger partial charge in [0.15, 0.2) is 0 Å². The van der Waals surface area contributed by atoms with Crippen LogP contribution in [0.5, 0.6) is 0 Å². The van der Waals surface area contributed by atoms with E-state index in [9.17, 15) is 9.90 Å². The molecular weight excluding hydrogens is 254 g/mol. The van der Waals surface area contributed by atoms with Gasteiger partial charge in [0, 0.05) is 19.7 Å². The summed E-state index contributed by atoms with van der Waals surface area (Å²) in [7, 11) is 0. The molecule has 2 rings (SSSR count). The van der Waals surface area contributed by atoms with Gasteiger partial charge in [0.1, 0.15) is 0 Å². The molecule has 0 saturated carbocycles. The van der Waals surface area contributed by atoms with Gasteiger partial charge in [0.25, 0.3) is 0 Å². The van der Waals surface area contributed by atoms with E-state index < -0.39 is 5.97 Å². The van der Waals surface area contributed by atoms with Crippen molar-refractivity contribution in [3.05, 3.63) is 29.3 Å². The van der Waals surface area contributed by atoms with Crippen LogP contribution in [0.2, 0.25) is 0 Å². The van der Waals surface area contributed by atoms with E-state index in [0.29, 0.717) is 5.56 Å². The number of hydrogen-bond acceptors (Lipinski definition) is 3. The first-order valence-corrected chi connectivity index (χ1v) is 7.32. The zero-order valence-corrected chi connectivity index (χ0v) is 12.3. The smallest absolute Gasteiger partial charge is 0.337 e. The van der Waals surface area contributed by atoms with Crippen LogP contribution in [0.1, 0.15) is 42.1 Å². The monoisotopic (exact) mass is 277 g/mol. The number of rotatable bonds is 5. The Morgan fingerprint density at radius 2 is 2.30 bits per heavy atom. The quantitative estimate of drug-likeness (QED) is 0.898. The van der Waals surface area contributed by atoms with E-state index in [1.807, 2.05) is 19.1 Å². The highest BCUT2D eigenvalue weighted by atomic mass is 16.5. The lowest BCUT2D eigenvalue weighted by atomic mass is 10.0. The lowest BCUT2D eigenvalue weighted by molar-refractivity contribution is 0.0439. The van der Waals surface area contributed by atoms with Crippen molar-refractivity contribution in [3.8, 4) is 0 Å². The Morgan fingerprint density at radius 1 is 1.50 bits per heavy atom. The predicted molar refractivity (Wildman–Crippen MR) is 79.6 cm³/mol. The Bertz CT molecular complexity index is 473. The first-order valence-electron chi connectivity index (χ1n) is 7.32. The third kappa shape index (κ3) is 3.51. The number of anilines is 1. The second-order valence-corrected chi connectivity index (χ2v) is 5.41. The molecule has 1 aliphatic heterocycles. The summed E-state index contributed by atoms with van der Waals surface area (Å²) in [5.74, 6) is -0.864. The number of piperidine rings is 1. The van der Waals surface area contributed by atoms with Crippen molar-refractivity contribution in [1.29, 1.82) is 0 Å². The number of carboxylic acids is 1. The van der Waals surface area contributed by atoms with Gasteiger partial charge < -0.3 is 14.7 Å². The molecule has 110 valence electrons. The van der Waals surface area contributed by atoms with Crippen molar-refractivity contribution in [1.82, 2.24) is 0 Å². The second kappa shape index (κ2) is 6.75. The van der Waals surface area contributed by atoms with Gasteiger partial charge in [-0.2, -0.15) is 0 Å². The molecule has 1 N–H and O–H groups in total. The van der Waals surface area contributed by atoms with Crippen molar-refractivity contribution in [2.45, 2.75) is 39.2 Å². The minimum atomic E-state index is -0.864. The molecule has 0 amide bonds. The number of carbonyl (C=O) groups is 1. The summed E-state index contributed by atoms with van der Waals surface area (Å²) in [5, 5.41) is 9.34. The molecule has 1 saturated heterocycles. The molecule has 0 aliphatic carbocycles. The summed E-state index contributed by atoms with van der Waals surface area (Å²) in [6.07, 6.45) is 3.33. The second-order valence-electron chi connectivity index (χ2n) is 5.41. The number of aromatic carboxylic acids is 1. The summed E-state index contributed by atoms with van der Waals surface area (Å²) >= 11 is 0. The molecule has 0 aromatic heterocycles. The van der Waals surface area contributed by atoms with E-state index in [2.05, 4.69) is 11.8 Å². The summed E-state index contributed by atoms with van der Waals surface area (Å²) < 4.78 is 5.83. The number of hydrogen-bond donors (Lipinski definition) is 1. The molecule has 1 unspecified atom stereocenters. The Kier molecular flexibility index (Phi) is 5.01. The molecular formula is C16H23NO3. The number of carboxylic acid groups (broad SMARTS) is 1. The normalized spacial score (nSPS) is 19.1. The predicted octanol–water partition coefficient (Wildman–Crippen LogP) is 3.09. The number of nitrogens with zero attached hydrogens (tertiary/aromatic N) is 1. The SMILES string of the molecule is CCCOC1CCCN(c2cc(C)ccc2C(=O)O)C1. The first kappa shape index (κ1) is 14.9. The van der Waals surface area contributed by atoms with E-state index in [1.165, 1.54) is 0 Å². The van der Waals surface area contributed by atoms with Gasteiger partial charge in [-0.3, -0.25) is 0 Å². The number of ether oxygens (including phenoxy) is 1. The average Bonchev–Trinajstić information content (AvgIpc) is 2.45. The van der Waals surface area contributed by atoms with Crippen molar-refractivity contribution in [2.75, 3.05) is 24.6 Å². The topological polar surface area (TPSA) is 49.8 Å². The van der Waals surface area contributed by atoms with Crippen LogP contribution >= 0.6 is 0 Å². The summed E-state index contributed by atoms with van der Waals surface area (Å²) in [5.41, 5.74) is 2.29. The van der Waals surface area contributed by atoms with Gasteiger partial charge in [0.2, 0.25) is 0 Å². The molecule has 4 nitrogen and oxygen atoms in total. The number of benzene rings is 1. The Hall–Kier alpha value is -1.55. The zero-order chi connectivity index (χ0) is 14.5. The molecule has 1 aliphatic rings. The molecule has 1 atom stereocenters. The number of aryl methyl sites for hydroxylation is 1. The third-order valence-electron chi connectivity index (χ3n) is 3.66. The van der Waals surface area contributed by atoms with E-state index >= 15 is 0 Å². The van der Waals surface area contributed by atoms with E-state index in [0.717, 1.165) is 50.2 Å². The van der Waals surface area contributed by atoms with Crippen LogP contribution < -0.4 is 4.90 Å². The van der Waals surface area contributed by atoms with Crippen molar-refractivity contribution in [2.24, 2.45) is 0 Å². The standard InChI is InChI=1S/C16H23NO3/c1-3-9-20-13-5-4-8-17(11-13)15-10-12(2)6-7-14(15)16(18)19/h6-7,10,13H,3-5,8-9,11H2,1-2H3,(H,18,19). The van der Waals surface area contributed by atoms with E-state index in [4.69, 9.17) is 4.74 Å². The highest BCUT2D eigenvalue weighted by molar-refractivity contribution is 5.94. The van der Waals surface area contributed by atoms with Crippen LogP contribution in [0.15, 0.2) is 18.2 Å². The molecule has 1 aromatic carbocycles. The zero-order valence-electron chi connectivity index (χ0n) is 12.3. The van der Waals surface area contributed by atoms with Gasteiger partial charge in [-0.05, 0) is 43.9 Å². The first-order chi connectivity index (χ1) is 9.61. The highest BCUT2D eigenvalue weighted by Crippen LogP contribution is 2.26. The van der Waals surface area contributed by atoms with Crippen LogP contribution in [0.25, 0.3) is 0 Å². The summed E-state index contributed by atoms with van der Waals surface area (Å²) in [4.78, 5) is 13.5. The molecule has 20 heavy (non-hydrogen) atoms. The van der Waals surface area contributed by atoms with Gasteiger partial charge in [-0.1, -0.05) is 13.0 Å². The van der Waals surface area contributed by atoms with Gasteiger partial charge in [-0.25, -0.2) is 4.79 Å². The largest absolute Gasteiger partial charge is 0.478 e. The Labute approximate surface area is 120 Å². The lowest BCUT2D eigenvalue weighted by Gasteiger charge is -2.35. The van der Waals surface area contributed by atoms with E-state index in [1.54, 1.807) is 6.07 Å². The maximum absolute atomic E-state index is 11.4. The van der Waals surface area contributed by atoms with Crippen molar-refractivity contribution < 1.29 is 14.6 Å². The molecule has 0 bridgehead atoms. The molecule has 0 spiro atoms. The highest BCUT2D eigenvalue weighted by Gasteiger charge is 2.23. The molecule has 1 aromatic rings. The average molecular weight is 277 g/mol. The minimum Gasteiger partial charge on any atom is -0.478 e. The van der Waals surface area contributed by atoms with Crippen LogP contribution in [-0.2, 0) is 4.74 Å². The fourth-order valence-corrected chi connectivity index (χ4v) is 2.66. The van der Waals surface area contributed by atoms with E-state index in [-0.39, 0.29) is 6.10 Å². The molecule has 0 radical (unpaired) electrons. The summed E-state index contributed by atoms with van der Waals surface area (Å²) in [6, 6.07) is 5.51. The fraction of sp³-hybridized carbons (Fsp3) is 0.562. The molecule has 1 fully saturated rings. The lowest BCUT2D eigenvalue weighted by Crippen LogP contribution is -2.40. The van der Waals surface area contributed by atoms with Gasteiger partial charge >= 0.3 is 5.97 Å². The Balaban J connectivity index is 2.17. The van der Waals surface area contributed by atoms with Gasteiger partial charge in [0.05, 0.1) is 17.4 Å². The minimum absolute atomic E-state index is 0.214. The Morgan fingerprint density at radius 3 is 3.00 bits per heavy atom. The molecule has 4 heteroatoms. The van der Waals surface area contributed by atoms with Crippen LogP contribution in [0.3, 0.4) is 0 Å². The van der Waals surface area contributed by atoms with Crippen LogP contribution in [0, 0.1) is 6.92 Å². The van der Waals surface area contributed by atoms with Gasteiger partial charge in [-0.15, -0.1) is 0 Å². The van der Waals surface area contributed by atoms with Crippen molar-refractivity contribution in [3.63, 3.8) is 0 Å². The molecule has 1 heterocycles. The van der Waals surface area contributed by atoms with Crippen molar-refractivity contribution >= 4 is 11.7 Å². The fourth-order valence-electron chi connectivity index (χ4n) is 2.66. The summed E-state index contributed by atoms with van der Waals surface area (Å²) in [6.45, 7) is 6.55.